The molecule has 0 unspecified atom stereocenters. The molecular formula is C16H19N5O3. The van der Waals surface area contributed by atoms with E-state index in [0.29, 0.717) is 36.6 Å². The van der Waals surface area contributed by atoms with Crippen molar-refractivity contribution in [2.24, 2.45) is 7.05 Å². The van der Waals surface area contributed by atoms with Crippen LogP contribution in [0.4, 0.5) is 5.95 Å². The van der Waals surface area contributed by atoms with Crippen LogP contribution < -0.4 is 16.6 Å². The number of aromatic amines is 1. The first-order valence-electron chi connectivity index (χ1n) is 7.70. The molecule has 24 heavy (non-hydrogen) atoms. The zero-order chi connectivity index (χ0) is 17.1. The summed E-state index contributed by atoms with van der Waals surface area (Å²) in [5.74, 6) is 0.460. The number of imidazole rings is 1. The van der Waals surface area contributed by atoms with Crippen LogP contribution in [0.2, 0.25) is 0 Å². The number of hydrogen-bond acceptors (Lipinski definition) is 5. The number of hydrogen-bond donors (Lipinski definition) is 3. The fraction of sp³-hybridized carbons (Fsp3) is 0.312. The fourth-order valence-electron chi connectivity index (χ4n) is 2.64. The van der Waals surface area contributed by atoms with Crippen molar-refractivity contribution in [1.82, 2.24) is 19.1 Å². The van der Waals surface area contributed by atoms with Crippen molar-refractivity contribution in [2.75, 3.05) is 18.5 Å². The number of fused-ring (bicyclic) bond motifs is 1. The van der Waals surface area contributed by atoms with E-state index in [2.05, 4.69) is 15.3 Å². The summed E-state index contributed by atoms with van der Waals surface area (Å²) >= 11 is 0. The fourth-order valence-corrected chi connectivity index (χ4v) is 2.64. The summed E-state index contributed by atoms with van der Waals surface area (Å²) in [6.07, 6.45) is 0.711. The largest absolute Gasteiger partial charge is 0.395 e. The van der Waals surface area contributed by atoms with E-state index >= 15 is 0 Å². The molecule has 0 amide bonds. The third-order valence-electron chi connectivity index (χ3n) is 3.87. The molecule has 0 saturated carbocycles. The molecule has 126 valence electrons. The Hall–Kier alpha value is -2.87. The summed E-state index contributed by atoms with van der Waals surface area (Å²) in [4.78, 5) is 30.7. The molecule has 3 N–H and O–H groups in total. The lowest BCUT2D eigenvalue weighted by atomic mass is 10.1. The molecule has 8 nitrogen and oxygen atoms in total. The Bertz CT molecular complexity index is 955. The normalized spacial score (nSPS) is 11.1. The lowest BCUT2D eigenvalue weighted by Crippen LogP contribution is -2.29. The number of H-pyrrole nitrogens is 1. The molecule has 0 saturated heterocycles. The van der Waals surface area contributed by atoms with Crippen LogP contribution in [-0.2, 0) is 20.0 Å². The molecule has 0 spiro atoms. The second kappa shape index (κ2) is 6.71. The minimum absolute atomic E-state index is 0.0584. The van der Waals surface area contributed by atoms with Gasteiger partial charge in [-0.05, 0) is 12.0 Å². The summed E-state index contributed by atoms with van der Waals surface area (Å²) in [5, 5.41) is 12.0. The smallest absolute Gasteiger partial charge is 0.329 e. The van der Waals surface area contributed by atoms with E-state index in [1.165, 1.54) is 4.57 Å². The van der Waals surface area contributed by atoms with E-state index < -0.39 is 11.2 Å². The third kappa shape index (κ3) is 2.95. The summed E-state index contributed by atoms with van der Waals surface area (Å²) in [5.41, 5.74) is 0.819. The van der Waals surface area contributed by atoms with Crippen molar-refractivity contribution >= 4 is 17.1 Å². The van der Waals surface area contributed by atoms with Gasteiger partial charge >= 0.3 is 5.69 Å². The molecule has 3 rings (SSSR count). The van der Waals surface area contributed by atoms with Crippen LogP contribution in [0.1, 0.15) is 5.56 Å². The third-order valence-corrected chi connectivity index (χ3v) is 3.87. The van der Waals surface area contributed by atoms with Gasteiger partial charge in [-0.2, -0.15) is 4.98 Å². The number of nitrogens with one attached hydrogen (secondary N) is 2. The molecule has 0 aliphatic rings. The predicted molar refractivity (Wildman–Crippen MR) is 91.3 cm³/mol. The Morgan fingerprint density at radius 3 is 2.71 bits per heavy atom. The van der Waals surface area contributed by atoms with Gasteiger partial charge in [-0.3, -0.25) is 14.3 Å². The maximum atomic E-state index is 12.3. The lowest BCUT2D eigenvalue weighted by Gasteiger charge is -2.09. The summed E-state index contributed by atoms with van der Waals surface area (Å²) in [6, 6.07) is 9.90. The molecule has 0 radical (unpaired) electrons. The van der Waals surface area contributed by atoms with Gasteiger partial charge in [0, 0.05) is 20.1 Å². The van der Waals surface area contributed by atoms with Crippen molar-refractivity contribution in [3.63, 3.8) is 0 Å². The summed E-state index contributed by atoms with van der Waals surface area (Å²) in [7, 11) is 1.56. The standard InChI is InChI=1S/C16H19N5O3/c1-20-13-12(14(23)19-16(20)24)21(15(18-13)17-8-10-22)9-7-11-5-3-2-4-6-11/h2-6,22H,7-10H2,1H3,(H,17,18)(H,19,23,24). The first-order chi connectivity index (χ1) is 11.6. The average Bonchev–Trinajstić information content (AvgIpc) is 2.96. The summed E-state index contributed by atoms with van der Waals surface area (Å²) < 4.78 is 3.05. The van der Waals surface area contributed by atoms with Gasteiger partial charge in [-0.1, -0.05) is 30.3 Å². The Kier molecular flexibility index (Phi) is 4.48. The van der Waals surface area contributed by atoms with Gasteiger partial charge in [-0.25, -0.2) is 4.79 Å². The van der Waals surface area contributed by atoms with Crippen LogP contribution in [0.15, 0.2) is 39.9 Å². The molecule has 1 aromatic carbocycles. The van der Waals surface area contributed by atoms with Crippen LogP contribution in [0.3, 0.4) is 0 Å². The van der Waals surface area contributed by atoms with Crippen molar-refractivity contribution in [3.8, 4) is 0 Å². The van der Waals surface area contributed by atoms with E-state index in [-0.39, 0.29) is 6.61 Å². The van der Waals surface area contributed by atoms with Crippen LogP contribution in [0.25, 0.3) is 11.2 Å². The second-order valence-corrected chi connectivity index (χ2v) is 5.46. The Labute approximate surface area is 137 Å². The van der Waals surface area contributed by atoms with Crippen LogP contribution in [-0.4, -0.2) is 37.4 Å². The van der Waals surface area contributed by atoms with Gasteiger partial charge in [0.25, 0.3) is 5.56 Å². The zero-order valence-corrected chi connectivity index (χ0v) is 13.3. The van der Waals surface area contributed by atoms with Crippen molar-refractivity contribution < 1.29 is 5.11 Å². The zero-order valence-electron chi connectivity index (χ0n) is 13.3. The number of rotatable bonds is 6. The van der Waals surface area contributed by atoms with Gasteiger partial charge in [0.2, 0.25) is 5.95 Å². The second-order valence-electron chi connectivity index (χ2n) is 5.46. The molecular weight excluding hydrogens is 310 g/mol. The van der Waals surface area contributed by atoms with Crippen LogP contribution in [0, 0.1) is 0 Å². The highest BCUT2D eigenvalue weighted by Gasteiger charge is 2.16. The van der Waals surface area contributed by atoms with E-state index in [1.54, 1.807) is 11.6 Å². The van der Waals surface area contributed by atoms with E-state index in [1.807, 2.05) is 30.3 Å². The highest BCUT2D eigenvalue weighted by atomic mass is 16.3. The lowest BCUT2D eigenvalue weighted by molar-refractivity contribution is 0.310. The number of benzene rings is 1. The average molecular weight is 329 g/mol. The highest BCUT2D eigenvalue weighted by Crippen LogP contribution is 2.16. The number of aromatic nitrogens is 4. The monoisotopic (exact) mass is 329 g/mol. The van der Waals surface area contributed by atoms with Gasteiger partial charge in [-0.15, -0.1) is 0 Å². The van der Waals surface area contributed by atoms with Gasteiger partial charge in [0.15, 0.2) is 11.2 Å². The number of aliphatic hydroxyl groups is 1. The first-order valence-corrected chi connectivity index (χ1v) is 7.70. The van der Waals surface area contributed by atoms with Crippen molar-refractivity contribution in [1.29, 1.82) is 0 Å². The molecule has 2 aromatic heterocycles. The minimum atomic E-state index is -0.506. The number of aryl methyl sites for hydroxylation is 3. The molecule has 0 aliphatic heterocycles. The first kappa shape index (κ1) is 16.0. The quantitative estimate of drug-likeness (QED) is 0.593. The summed E-state index contributed by atoms with van der Waals surface area (Å²) in [6.45, 7) is 0.771. The molecule has 0 aliphatic carbocycles. The number of nitrogens with zero attached hydrogens (tertiary/aromatic N) is 3. The van der Waals surface area contributed by atoms with E-state index in [9.17, 15) is 9.59 Å². The van der Waals surface area contributed by atoms with Crippen LogP contribution in [0.5, 0.6) is 0 Å². The van der Waals surface area contributed by atoms with Gasteiger partial charge < -0.3 is 15.0 Å². The Morgan fingerprint density at radius 2 is 2.00 bits per heavy atom. The molecule has 8 heteroatoms. The number of anilines is 1. The van der Waals surface area contributed by atoms with Gasteiger partial charge in [0.05, 0.1) is 6.61 Å². The van der Waals surface area contributed by atoms with Crippen LogP contribution >= 0.6 is 0 Å². The van der Waals surface area contributed by atoms with Crippen molar-refractivity contribution in [3.05, 3.63) is 56.7 Å². The molecule has 3 aromatic rings. The van der Waals surface area contributed by atoms with E-state index in [4.69, 9.17) is 5.11 Å². The molecule has 0 fully saturated rings. The van der Waals surface area contributed by atoms with Crippen molar-refractivity contribution in [2.45, 2.75) is 13.0 Å². The molecule has 0 bridgehead atoms. The van der Waals surface area contributed by atoms with Gasteiger partial charge in [0.1, 0.15) is 0 Å². The SMILES string of the molecule is Cn1c(=O)[nH]c(=O)c2c1nc(NCCO)n2CCc1ccccc1. The maximum Gasteiger partial charge on any atom is 0.329 e. The Morgan fingerprint density at radius 1 is 1.25 bits per heavy atom. The topological polar surface area (TPSA) is 105 Å². The van der Waals surface area contributed by atoms with E-state index in [0.717, 1.165) is 5.56 Å². The highest BCUT2D eigenvalue weighted by molar-refractivity contribution is 5.74. The minimum Gasteiger partial charge on any atom is -0.395 e. The number of aliphatic hydroxyl groups excluding tert-OH is 1. The Balaban J connectivity index is 2.07. The molecule has 0 atom stereocenters. The molecule has 2 heterocycles. The maximum absolute atomic E-state index is 12.3. The predicted octanol–water partition coefficient (Wildman–Crippen LogP) is 0.0702.